The van der Waals surface area contributed by atoms with Crippen molar-refractivity contribution in [3.8, 4) is 0 Å². The van der Waals surface area contributed by atoms with Crippen LogP contribution in [0, 0.1) is 5.41 Å². The molecule has 0 aliphatic rings. The van der Waals surface area contributed by atoms with E-state index in [1.807, 2.05) is 0 Å². The quantitative estimate of drug-likeness (QED) is 0.534. The molecule has 0 amide bonds. The van der Waals surface area contributed by atoms with Crippen LogP contribution in [0.5, 0.6) is 0 Å². The Morgan fingerprint density at radius 1 is 1.50 bits per heavy atom. The Morgan fingerprint density at radius 2 is 1.88 bits per heavy atom. The predicted octanol–water partition coefficient (Wildman–Crippen LogP) is 1.17. The van der Waals surface area contributed by atoms with Crippen molar-refractivity contribution in [2.24, 2.45) is 0 Å². The van der Waals surface area contributed by atoms with E-state index in [1.165, 1.54) is 6.92 Å². The van der Waals surface area contributed by atoms with Crippen LogP contribution in [0.4, 0.5) is 0 Å². The second-order valence-corrected chi connectivity index (χ2v) is 1.71. The molecular formula is C6H9NO. The standard InChI is InChI=1S/C6H9NO/c1-4(2)6(7)5(3)8/h7H,1H2,2-3H3. The molecule has 0 aliphatic heterocycles. The van der Waals surface area contributed by atoms with Crippen molar-refractivity contribution in [2.45, 2.75) is 13.8 Å². The van der Waals surface area contributed by atoms with Gasteiger partial charge in [0.1, 0.15) is 0 Å². The zero-order valence-corrected chi connectivity index (χ0v) is 5.12. The minimum absolute atomic E-state index is 0.0185. The average molecular weight is 111 g/mol. The molecule has 0 unspecified atom stereocenters. The Morgan fingerprint density at radius 3 is 1.88 bits per heavy atom. The van der Waals surface area contributed by atoms with E-state index in [0.717, 1.165) is 0 Å². The fourth-order valence-electron chi connectivity index (χ4n) is 0.301. The maximum absolute atomic E-state index is 10.3. The molecule has 44 valence electrons. The molecule has 1 N–H and O–H groups in total. The number of nitrogens with one attached hydrogen (secondary N) is 1. The largest absolute Gasteiger partial charge is 0.297 e. The number of Topliss-reactive ketones (excluding diaryl/α,β-unsaturated/α-hetero) is 1. The summed E-state index contributed by atoms with van der Waals surface area (Å²) < 4.78 is 0. The number of ketones is 1. The zero-order chi connectivity index (χ0) is 6.73. The monoisotopic (exact) mass is 111 g/mol. The van der Waals surface area contributed by atoms with Crippen LogP contribution in [-0.2, 0) is 4.79 Å². The van der Waals surface area contributed by atoms with Crippen LogP contribution in [0.3, 0.4) is 0 Å². The van der Waals surface area contributed by atoms with Gasteiger partial charge >= 0.3 is 0 Å². The van der Waals surface area contributed by atoms with E-state index in [-0.39, 0.29) is 11.5 Å². The van der Waals surface area contributed by atoms with Gasteiger partial charge in [0.2, 0.25) is 0 Å². The first-order chi connectivity index (χ1) is 3.55. The summed E-state index contributed by atoms with van der Waals surface area (Å²) in [5, 5.41) is 6.95. The van der Waals surface area contributed by atoms with E-state index in [1.54, 1.807) is 6.92 Å². The maximum Gasteiger partial charge on any atom is 0.177 e. The van der Waals surface area contributed by atoms with E-state index in [4.69, 9.17) is 5.41 Å². The van der Waals surface area contributed by atoms with Crippen LogP contribution >= 0.6 is 0 Å². The van der Waals surface area contributed by atoms with Gasteiger partial charge in [-0.25, -0.2) is 0 Å². The van der Waals surface area contributed by atoms with Gasteiger partial charge in [-0.15, -0.1) is 0 Å². The summed E-state index contributed by atoms with van der Waals surface area (Å²) in [4.78, 5) is 10.3. The molecule has 0 saturated carbocycles. The van der Waals surface area contributed by atoms with Crippen LogP contribution in [0.25, 0.3) is 0 Å². The smallest absolute Gasteiger partial charge is 0.177 e. The second kappa shape index (κ2) is 2.40. The molecule has 0 rings (SSSR count). The van der Waals surface area contributed by atoms with Crippen molar-refractivity contribution in [1.29, 1.82) is 5.41 Å². The van der Waals surface area contributed by atoms with Crippen molar-refractivity contribution in [2.75, 3.05) is 0 Å². The zero-order valence-electron chi connectivity index (χ0n) is 5.12. The first-order valence-electron chi connectivity index (χ1n) is 2.31. The van der Waals surface area contributed by atoms with Gasteiger partial charge in [-0.1, -0.05) is 6.58 Å². The summed E-state index contributed by atoms with van der Waals surface area (Å²) in [5.41, 5.74) is 0.544. The van der Waals surface area contributed by atoms with Crippen LogP contribution < -0.4 is 0 Å². The second-order valence-electron chi connectivity index (χ2n) is 1.71. The molecule has 0 aromatic rings. The van der Waals surface area contributed by atoms with Gasteiger partial charge in [0.25, 0.3) is 0 Å². The Kier molecular flexibility index (Phi) is 2.13. The van der Waals surface area contributed by atoms with Crippen molar-refractivity contribution in [1.82, 2.24) is 0 Å². The van der Waals surface area contributed by atoms with E-state index in [9.17, 15) is 4.79 Å². The highest BCUT2D eigenvalue weighted by Crippen LogP contribution is 1.89. The summed E-state index contributed by atoms with van der Waals surface area (Å²) in [5.74, 6) is -0.225. The normalized spacial score (nSPS) is 8.25. The average Bonchev–Trinajstić information content (AvgIpc) is 1.64. The molecule has 0 aromatic heterocycles. The fourth-order valence-corrected chi connectivity index (χ4v) is 0.301. The predicted molar refractivity (Wildman–Crippen MR) is 33.2 cm³/mol. The summed E-state index contributed by atoms with van der Waals surface area (Å²) >= 11 is 0. The highest BCUT2D eigenvalue weighted by Gasteiger charge is 2.00. The first kappa shape index (κ1) is 7.08. The number of carbonyl (C=O) groups is 1. The van der Waals surface area contributed by atoms with E-state index < -0.39 is 0 Å². The molecule has 0 aromatic carbocycles. The number of carbonyl (C=O) groups excluding carboxylic acids is 1. The number of allylic oxidation sites excluding steroid dienone is 1. The molecule has 2 heteroatoms. The van der Waals surface area contributed by atoms with Crippen LogP contribution in [-0.4, -0.2) is 11.5 Å². The molecule has 0 heterocycles. The SMILES string of the molecule is C=C(C)C(=N)C(C)=O. The molecule has 8 heavy (non-hydrogen) atoms. The Balaban J connectivity index is 4.05. The van der Waals surface area contributed by atoms with Gasteiger partial charge < -0.3 is 0 Å². The van der Waals surface area contributed by atoms with Crippen molar-refractivity contribution in [3.05, 3.63) is 12.2 Å². The van der Waals surface area contributed by atoms with E-state index in [0.29, 0.717) is 5.57 Å². The lowest BCUT2D eigenvalue weighted by atomic mass is 10.1. The summed E-state index contributed by atoms with van der Waals surface area (Å²) in [6, 6.07) is 0. The van der Waals surface area contributed by atoms with Crippen LogP contribution in [0.1, 0.15) is 13.8 Å². The third-order valence-electron chi connectivity index (χ3n) is 0.779. The van der Waals surface area contributed by atoms with Crippen molar-refractivity contribution >= 4 is 11.5 Å². The molecule has 0 spiro atoms. The van der Waals surface area contributed by atoms with Crippen molar-refractivity contribution in [3.63, 3.8) is 0 Å². The van der Waals surface area contributed by atoms with Gasteiger partial charge in [0.05, 0.1) is 5.71 Å². The van der Waals surface area contributed by atoms with Crippen LogP contribution in [0.2, 0.25) is 0 Å². The lowest BCUT2D eigenvalue weighted by molar-refractivity contribution is -0.111. The Hall–Kier alpha value is -0.920. The Labute approximate surface area is 48.7 Å². The number of hydrogen-bond acceptors (Lipinski definition) is 2. The summed E-state index contributed by atoms with van der Waals surface area (Å²) in [7, 11) is 0. The summed E-state index contributed by atoms with van der Waals surface area (Å²) in [6.45, 7) is 6.43. The molecule has 2 nitrogen and oxygen atoms in total. The van der Waals surface area contributed by atoms with Gasteiger partial charge in [-0.2, -0.15) is 0 Å². The Bertz CT molecular complexity index is 131. The minimum Gasteiger partial charge on any atom is -0.297 e. The number of rotatable bonds is 2. The lowest BCUT2D eigenvalue weighted by Gasteiger charge is -1.92. The minimum atomic E-state index is -0.225. The van der Waals surface area contributed by atoms with Crippen LogP contribution in [0.15, 0.2) is 12.2 Å². The lowest BCUT2D eigenvalue weighted by Crippen LogP contribution is -2.07. The van der Waals surface area contributed by atoms with Crippen molar-refractivity contribution < 1.29 is 4.79 Å². The molecule has 0 aliphatic carbocycles. The van der Waals surface area contributed by atoms with Gasteiger partial charge in [-0.05, 0) is 12.5 Å². The number of hydrogen-bond donors (Lipinski definition) is 1. The summed E-state index contributed by atoms with van der Waals surface area (Å²) in [6.07, 6.45) is 0. The molecule has 0 fully saturated rings. The molecule has 0 atom stereocenters. The molecular weight excluding hydrogens is 102 g/mol. The topological polar surface area (TPSA) is 40.9 Å². The molecule has 0 bridgehead atoms. The fraction of sp³-hybridized carbons (Fsp3) is 0.333. The van der Waals surface area contributed by atoms with Gasteiger partial charge in [0.15, 0.2) is 5.78 Å². The first-order valence-corrected chi connectivity index (χ1v) is 2.31. The highest BCUT2D eigenvalue weighted by atomic mass is 16.1. The van der Waals surface area contributed by atoms with E-state index in [2.05, 4.69) is 6.58 Å². The van der Waals surface area contributed by atoms with Gasteiger partial charge in [0, 0.05) is 6.92 Å². The highest BCUT2D eigenvalue weighted by molar-refractivity contribution is 6.43. The molecule has 0 radical (unpaired) electrons. The van der Waals surface area contributed by atoms with E-state index >= 15 is 0 Å². The third-order valence-corrected chi connectivity index (χ3v) is 0.779. The third kappa shape index (κ3) is 1.69. The van der Waals surface area contributed by atoms with Gasteiger partial charge in [-0.3, -0.25) is 10.2 Å². The maximum atomic E-state index is 10.3. The molecule has 0 saturated heterocycles.